The average Bonchev–Trinajstić information content (AvgIpc) is 4.01. The SMILES string of the molecule is C1=CC2NC1C(c1ccccc1)C1CCC([N-]1)C(c1ccccc1)C1C=CC(N1)C(c1ccccc1)C1CCC([N-]1)C2c1ccccc1.CC(=O)[O-].[Mn+3]. The van der Waals surface area contributed by atoms with Crippen LogP contribution in [0.2, 0.25) is 0 Å². The molecular weight excluding hydrogens is 695 g/mol. The molecule has 3 saturated heterocycles. The van der Waals surface area contributed by atoms with Gasteiger partial charge in [-0.15, -0.1) is 24.2 Å². The Bertz CT molecular complexity index is 1570. The quantitative estimate of drug-likeness (QED) is 0.167. The maximum atomic E-state index is 8.89. The van der Waals surface area contributed by atoms with Gasteiger partial charge in [-0.1, -0.05) is 171 Å². The molecule has 0 aliphatic carbocycles. The second-order valence-electron chi connectivity index (χ2n) is 15.2. The predicted octanol–water partition coefficient (Wildman–Crippen LogP) is 7.49. The molecule has 8 bridgehead atoms. The molecule has 272 valence electrons. The number of nitrogens with zero attached hydrogens (tertiary/aromatic N) is 2. The molecule has 5 aliphatic rings. The van der Waals surface area contributed by atoms with E-state index in [-0.39, 0.29) is 89.1 Å². The average molecular weight is 745 g/mol. The third kappa shape index (κ3) is 8.17. The number of benzene rings is 4. The predicted molar refractivity (Wildman–Crippen MR) is 207 cm³/mol. The summed E-state index contributed by atoms with van der Waals surface area (Å²) in [5.74, 6) is 0.0602. The second kappa shape index (κ2) is 17.1. The first-order chi connectivity index (χ1) is 25.5. The first-order valence-corrected chi connectivity index (χ1v) is 19.2. The molecule has 0 amide bonds. The van der Waals surface area contributed by atoms with E-state index in [1.165, 1.54) is 22.3 Å². The molecule has 5 heterocycles. The van der Waals surface area contributed by atoms with E-state index in [1.807, 2.05) is 0 Å². The van der Waals surface area contributed by atoms with E-state index in [0.29, 0.717) is 0 Å². The second-order valence-corrected chi connectivity index (χ2v) is 15.2. The van der Waals surface area contributed by atoms with E-state index < -0.39 is 5.97 Å². The molecule has 7 heteroatoms. The molecule has 2 N–H and O–H groups in total. The van der Waals surface area contributed by atoms with Crippen molar-refractivity contribution in [3.8, 4) is 0 Å². The fourth-order valence-electron chi connectivity index (χ4n) is 9.98. The Morgan fingerprint density at radius 3 is 0.887 bits per heavy atom. The number of carbonyl (C=O) groups is 1. The third-order valence-corrected chi connectivity index (χ3v) is 12.0. The Balaban J connectivity index is 0.000000831. The summed E-state index contributed by atoms with van der Waals surface area (Å²) in [6, 6.07) is 46.7. The van der Waals surface area contributed by atoms with Gasteiger partial charge in [-0.3, -0.25) is 0 Å². The summed E-state index contributed by atoms with van der Waals surface area (Å²) in [6.45, 7) is 0.972. The minimum atomic E-state index is -1.08. The fraction of sp³-hybridized carbons (Fsp3) is 0.370. The molecule has 0 saturated carbocycles. The number of rotatable bonds is 4. The van der Waals surface area contributed by atoms with Crippen molar-refractivity contribution in [3.63, 3.8) is 0 Å². The largest absolute Gasteiger partial charge is 3.00 e. The standard InChI is InChI=1S/C44H46N4.C2H4O2.Mn/c1-5-13-29(14-6-1)41-33-21-23-35(45-33)42(30-15-7-2-8-16-30)37-25-27-39(47-37)44(32-19-11-4-12-20-32)40-28-26-38(48-40)43(31-17-9-3-10-18-31)36-24-22-34(41)46-36;1-2(3)4;/h1-21,23,26,28,33-45,48H,22,24-25,27H2;1H3,(H,3,4);/q-2;;+3/p-1. The van der Waals surface area contributed by atoms with Gasteiger partial charge in [-0.25, -0.2) is 0 Å². The van der Waals surface area contributed by atoms with E-state index in [9.17, 15) is 0 Å². The van der Waals surface area contributed by atoms with Crippen molar-refractivity contribution in [1.29, 1.82) is 0 Å². The van der Waals surface area contributed by atoms with Crippen molar-refractivity contribution in [2.24, 2.45) is 0 Å². The molecular formula is C46H49MnN4O2. The molecule has 0 aromatic heterocycles. The van der Waals surface area contributed by atoms with Crippen LogP contribution in [0, 0.1) is 0 Å². The topological polar surface area (TPSA) is 92.4 Å². The number of aliphatic carboxylic acids is 1. The zero-order valence-electron chi connectivity index (χ0n) is 30.2. The van der Waals surface area contributed by atoms with E-state index in [1.54, 1.807) is 0 Å². The van der Waals surface area contributed by atoms with Crippen molar-refractivity contribution in [2.75, 3.05) is 0 Å². The smallest absolute Gasteiger partial charge is 0.656 e. The Labute approximate surface area is 325 Å². The van der Waals surface area contributed by atoms with Crippen LogP contribution in [0.4, 0.5) is 0 Å². The minimum absolute atomic E-state index is 0. The monoisotopic (exact) mass is 744 g/mol. The molecule has 12 atom stereocenters. The van der Waals surface area contributed by atoms with Crippen molar-refractivity contribution in [2.45, 2.75) is 105 Å². The normalized spacial score (nSPS) is 34.1. The maximum Gasteiger partial charge on any atom is 3.00 e. The van der Waals surface area contributed by atoms with Gasteiger partial charge < -0.3 is 31.2 Å². The van der Waals surface area contributed by atoms with Crippen molar-refractivity contribution in [3.05, 3.63) is 179 Å². The molecule has 9 rings (SSSR count). The van der Waals surface area contributed by atoms with Gasteiger partial charge in [0.15, 0.2) is 0 Å². The van der Waals surface area contributed by atoms with Gasteiger partial charge in [0.25, 0.3) is 0 Å². The van der Waals surface area contributed by atoms with E-state index >= 15 is 0 Å². The van der Waals surface area contributed by atoms with Crippen molar-refractivity contribution >= 4 is 5.97 Å². The third-order valence-electron chi connectivity index (χ3n) is 12.0. The van der Waals surface area contributed by atoms with Crippen LogP contribution in [0.1, 0.15) is 78.5 Å². The molecule has 4 aromatic rings. The Kier molecular flexibility index (Phi) is 12.1. The number of carbonyl (C=O) groups excluding carboxylic acids is 1. The molecule has 12 unspecified atom stereocenters. The molecule has 0 spiro atoms. The number of fused-ring (bicyclic) bond motifs is 8. The van der Waals surface area contributed by atoms with Gasteiger partial charge in [0.05, 0.1) is 0 Å². The maximum absolute atomic E-state index is 8.89. The summed E-state index contributed by atoms with van der Waals surface area (Å²) in [5, 5.41) is 28.9. The number of carboxylic acids is 1. The zero-order chi connectivity index (χ0) is 35.4. The van der Waals surface area contributed by atoms with Gasteiger partial charge in [-0.05, 0) is 52.8 Å². The Morgan fingerprint density at radius 2 is 0.679 bits per heavy atom. The Morgan fingerprint density at radius 1 is 0.472 bits per heavy atom. The fourth-order valence-corrected chi connectivity index (χ4v) is 9.98. The summed E-state index contributed by atoms with van der Waals surface area (Å²) >= 11 is 0. The van der Waals surface area contributed by atoms with Crippen LogP contribution < -0.4 is 15.7 Å². The van der Waals surface area contributed by atoms with Crippen LogP contribution >= 0.6 is 0 Å². The number of nitrogens with one attached hydrogen (secondary N) is 2. The summed E-state index contributed by atoms with van der Waals surface area (Å²) in [7, 11) is 0. The van der Waals surface area contributed by atoms with Crippen LogP contribution in [0.15, 0.2) is 146 Å². The van der Waals surface area contributed by atoms with E-state index in [4.69, 9.17) is 20.5 Å². The van der Waals surface area contributed by atoms with Crippen molar-refractivity contribution < 1.29 is 27.0 Å². The summed E-state index contributed by atoms with van der Waals surface area (Å²) in [6.07, 6.45) is 14.3. The van der Waals surface area contributed by atoms with Gasteiger partial charge in [0, 0.05) is 30.1 Å². The molecule has 3 fully saturated rings. The van der Waals surface area contributed by atoms with E-state index in [0.717, 1.165) is 32.6 Å². The summed E-state index contributed by atoms with van der Waals surface area (Å²) in [4.78, 5) is 8.89. The van der Waals surface area contributed by atoms with E-state index in [2.05, 4.69) is 156 Å². The molecule has 5 aliphatic heterocycles. The first-order valence-electron chi connectivity index (χ1n) is 19.2. The van der Waals surface area contributed by atoms with Crippen molar-refractivity contribution in [1.82, 2.24) is 10.6 Å². The van der Waals surface area contributed by atoms with Crippen LogP contribution in [-0.4, -0.2) is 54.3 Å². The molecule has 53 heavy (non-hydrogen) atoms. The first kappa shape index (κ1) is 37.5. The summed E-state index contributed by atoms with van der Waals surface area (Å²) in [5.41, 5.74) is 5.55. The zero-order valence-corrected chi connectivity index (χ0v) is 31.4. The minimum Gasteiger partial charge on any atom is -0.656 e. The molecule has 6 nitrogen and oxygen atoms in total. The van der Waals surface area contributed by atoms with Gasteiger partial charge in [0.2, 0.25) is 0 Å². The van der Waals surface area contributed by atoms with Crippen LogP contribution in [0.3, 0.4) is 0 Å². The van der Waals surface area contributed by atoms with Crippen LogP contribution in [0.25, 0.3) is 10.6 Å². The van der Waals surface area contributed by atoms with Crippen LogP contribution in [0.5, 0.6) is 0 Å². The van der Waals surface area contributed by atoms with Crippen LogP contribution in [-0.2, 0) is 21.9 Å². The molecule has 4 aromatic carbocycles. The van der Waals surface area contributed by atoms with Gasteiger partial charge in [-0.2, -0.15) is 0 Å². The van der Waals surface area contributed by atoms with Gasteiger partial charge >= 0.3 is 17.1 Å². The Hall–Kier alpha value is -3.81. The molecule has 0 radical (unpaired) electrons. The summed E-state index contributed by atoms with van der Waals surface area (Å²) < 4.78 is 0. The number of hydrogen-bond donors (Lipinski definition) is 2. The van der Waals surface area contributed by atoms with Gasteiger partial charge in [0.1, 0.15) is 0 Å². The number of carboxylic acid groups (broad SMARTS) is 1. The number of hydrogen-bond acceptors (Lipinski definition) is 4.